The minimum Gasteiger partial charge on any atom is -0.507 e. The molecular formula is C18H26O8. The van der Waals surface area contributed by atoms with E-state index in [0.717, 1.165) is 0 Å². The summed E-state index contributed by atoms with van der Waals surface area (Å²) in [7, 11) is 0. The Bertz CT molecular complexity index is 628. The van der Waals surface area contributed by atoms with Crippen LogP contribution in [0.1, 0.15) is 50.7 Å². The van der Waals surface area contributed by atoms with Crippen LogP contribution in [0.15, 0.2) is 12.1 Å². The number of phenols is 1. The average Bonchev–Trinajstić information content (AvgIpc) is 2.55. The number of carboxylic acids is 1. The van der Waals surface area contributed by atoms with E-state index < -0.39 is 36.7 Å². The minimum absolute atomic E-state index is 0.00701. The van der Waals surface area contributed by atoms with E-state index in [1.54, 1.807) is 12.1 Å². The summed E-state index contributed by atoms with van der Waals surface area (Å²) in [5.74, 6) is -1.08. The van der Waals surface area contributed by atoms with Gasteiger partial charge in [-0.15, -0.1) is 0 Å². The third-order valence-electron chi connectivity index (χ3n) is 4.45. The molecule has 146 valence electrons. The fourth-order valence-corrected chi connectivity index (χ4v) is 2.88. The van der Waals surface area contributed by atoms with Crippen LogP contribution in [0.5, 0.6) is 11.5 Å². The zero-order valence-electron chi connectivity index (χ0n) is 15.2. The summed E-state index contributed by atoms with van der Waals surface area (Å²) in [6, 6.07) is 3.16. The summed E-state index contributed by atoms with van der Waals surface area (Å²) in [4.78, 5) is 11.2. The van der Waals surface area contributed by atoms with Gasteiger partial charge in [-0.3, -0.25) is 0 Å². The summed E-state index contributed by atoms with van der Waals surface area (Å²) < 4.78 is 10.7. The molecule has 1 saturated heterocycles. The van der Waals surface area contributed by atoms with Gasteiger partial charge in [0.15, 0.2) is 6.10 Å². The maximum atomic E-state index is 11.2. The van der Waals surface area contributed by atoms with E-state index >= 15 is 0 Å². The number of rotatable bonds is 5. The maximum Gasteiger partial charge on any atom is 0.335 e. The molecule has 1 aliphatic rings. The van der Waals surface area contributed by atoms with Gasteiger partial charge in [0.25, 0.3) is 0 Å². The number of hydrogen-bond donors (Lipinski definition) is 5. The SMILES string of the molecule is CC(C)c1cc(O[C@H]2OC(C(=O)O)[C@H](O)[C@@H](O)[C@H]2O)cc(C(C)C)c1O. The number of hydrogen-bond acceptors (Lipinski definition) is 7. The minimum atomic E-state index is -1.78. The molecule has 1 aromatic rings. The molecule has 5 atom stereocenters. The first-order valence-electron chi connectivity index (χ1n) is 8.50. The standard InChI is InChI=1S/C18H26O8/c1-7(2)10-5-9(6-11(8(3)4)12(10)19)25-18-15(22)13(20)14(21)16(26-18)17(23)24/h5-8,13-16,18-22H,1-4H3,(H,23,24)/t13-,14-,15-,16?,18+/m1/s1. The molecule has 0 saturated carbocycles. The van der Waals surface area contributed by atoms with Crippen molar-refractivity contribution in [3.05, 3.63) is 23.3 Å². The number of ether oxygens (including phenoxy) is 2. The molecule has 2 rings (SSSR count). The first-order valence-corrected chi connectivity index (χ1v) is 8.50. The van der Waals surface area contributed by atoms with Crippen molar-refractivity contribution in [1.82, 2.24) is 0 Å². The van der Waals surface area contributed by atoms with E-state index in [2.05, 4.69) is 0 Å². The monoisotopic (exact) mass is 370 g/mol. The number of aromatic hydroxyl groups is 1. The quantitative estimate of drug-likeness (QED) is 0.516. The molecule has 1 unspecified atom stereocenters. The van der Waals surface area contributed by atoms with E-state index in [4.69, 9.17) is 14.6 Å². The van der Waals surface area contributed by atoms with Crippen molar-refractivity contribution < 1.29 is 39.8 Å². The summed E-state index contributed by atoms with van der Waals surface area (Å²) in [5.41, 5.74) is 1.26. The van der Waals surface area contributed by atoms with Crippen molar-refractivity contribution in [3.63, 3.8) is 0 Å². The molecule has 1 fully saturated rings. The first-order chi connectivity index (χ1) is 12.0. The molecule has 8 heteroatoms. The van der Waals surface area contributed by atoms with Crippen molar-refractivity contribution in [3.8, 4) is 11.5 Å². The lowest BCUT2D eigenvalue weighted by molar-refractivity contribution is -0.271. The number of phenolic OH excluding ortho intramolecular Hbond substituents is 1. The highest BCUT2D eigenvalue weighted by Gasteiger charge is 2.48. The van der Waals surface area contributed by atoms with Crippen molar-refractivity contribution >= 4 is 5.97 Å². The van der Waals surface area contributed by atoms with Gasteiger partial charge in [0.2, 0.25) is 6.29 Å². The molecule has 0 radical (unpaired) electrons. The lowest BCUT2D eigenvalue weighted by Gasteiger charge is -2.38. The van der Waals surface area contributed by atoms with Gasteiger partial charge in [0.05, 0.1) is 0 Å². The van der Waals surface area contributed by atoms with Crippen LogP contribution in [0.3, 0.4) is 0 Å². The molecule has 5 N–H and O–H groups in total. The number of carbonyl (C=O) groups is 1. The lowest BCUT2D eigenvalue weighted by Crippen LogP contribution is -2.61. The highest BCUT2D eigenvalue weighted by atomic mass is 16.7. The second-order valence-corrected chi connectivity index (χ2v) is 7.11. The maximum absolute atomic E-state index is 11.2. The van der Waals surface area contributed by atoms with Crippen LogP contribution in [0.4, 0.5) is 0 Å². The van der Waals surface area contributed by atoms with Gasteiger partial charge in [0.1, 0.15) is 29.8 Å². The van der Waals surface area contributed by atoms with Gasteiger partial charge < -0.3 is 35.0 Å². The average molecular weight is 370 g/mol. The number of carboxylic acid groups (broad SMARTS) is 1. The molecular weight excluding hydrogens is 344 g/mol. The van der Waals surface area contributed by atoms with E-state index in [1.807, 2.05) is 27.7 Å². The Kier molecular flexibility index (Phi) is 6.13. The molecule has 1 aromatic carbocycles. The molecule has 26 heavy (non-hydrogen) atoms. The third kappa shape index (κ3) is 3.93. The van der Waals surface area contributed by atoms with Crippen molar-refractivity contribution in [1.29, 1.82) is 0 Å². The van der Waals surface area contributed by atoms with E-state index in [9.17, 15) is 25.2 Å². The van der Waals surface area contributed by atoms with E-state index in [0.29, 0.717) is 11.1 Å². The number of aliphatic hydroxyl groups is 3. The van der Waals surface area contributed by atoms with Gasteiger partial charge in [0, 0.05) is 11.1 Å². The van der Waals surface area contributed by atoms with Crippen molar-refractivity contribution in [2.24, 2.45) is 0 Å². The predicted octanol–water partition coefficient (Wildman–Crippen LogP) is 0.910. The summed E-state index contributed by atoms with van der Waals surface area (Å²) >= 11 is 0. The van der Waals surface area contributed by atoms with Gasteiger partial charge in [-0.25, -0.2) is 4.79 Å². The van der Waals surface area contributed by atoms with Crippen LogP contribution < -0.4 is 4.74 Å². The molecule has 8 nitrogen and oxygen atoms in total. The molecule has 0 spiro atoms. The largest absolute Gasteiger partial charge is 0.507 e. The number of aliphatic hydroxyl groups excluding tert-OH is 3. The fraction of sp³-hybridized carbons (Fsp3) is 0.611. The fourth-order valence-electron chi connectivity index (χ4n) is 2.88. The number of benzene rings is 1. The summed E-state index contributed by atoms with van der Waals surface area (Å²) in [6.07, 6.45) is -8.37. The Balaban J connectivity index is 2.35. The van der Waals surface area contributed by atoms with Gasteiger partial charge in [-0.2, -0.15) is 0 Å². The Morgan fingerprint density at radius 1 is 1.00 bits per heavy atom. The van der Waals surface area contributed by atoms with Crippen LogP contribution in [-0.2, 0) is 9.53 Å². The van der Waals surface area contributed by atoms with Crippen molar-refractivity contribution in [2.75, 3.05) is 0 Å². The molecule has 0 bridgehead atoms. The molecule has 1 aliphatic heterocycles. The van der Waals surface area contributed by atoms with E-state index in [-0.39, 0.29) is 23.3 Å². The summed E-state index contributed by atoms with van der Waals surface area (Å²) in [6.45, 7) is 7.59. The van der Waals surface area contributed by atoms with Crippen LogP contribution in [-0.4, -0.2) is 62.2 Å². The third-order valence-corrected chi connectivity index (χ3v) is 4.45. The molecule has 0 aromatic heterocycles. The van der Waals surface area contributed by atoms with Gasteiger partial charge in [-0.05, 0) is 24.0 Å². The van der Waals surface area contributed by atoms with Gasteiger partial charge in [-0.1, -0.05) is 27.7 Å². The topological polar surface area (TPSA) is 137 Å². The Hall–Kier alpha value is -1.87. The Morgan fingerprint density at radius 2 is 1.50 bits per heavy atom. The first kappa shape index (κ1) is 20.4. The number of aliphatic carboxylic acids is 1. The zero-order chi connectivity index (χ0) is 19.8. The highest BCUT2D eigenvalue weighted by molar-refractivity contribution is 5.73. The molecule has 0 amide bonds. The van der Waals surface area contributed by atoms with Crippen LogP contribution >= 0.6 is 0 Å². The second kappa shape index (κ2) is 7.79. The zero-order valence-corrected chi connectivity index (χ0v) is 15.2. The highest BCUT2D eigenvalue weighted by Crippen LogP contribution is 2.38. The molecule has 1 heterocycles. The normalized spacial score (nSPS) is 29.2. The Labute approximate surface area is 151 Å². The van der Waals surface area contributed by atoms with Crippen molar-refractivity contribution in [2.45, 2.75) is 70.2 Å². The summed E-state index contributed by atoms with van der Waals surface area (Å²) in [5, 5.41) is 49.2. The van der Waals surface area contributed by atoms with Crippen LogP contribution in [0, 0.1) is 0 Å². The Morgan fingerprint density at radius 3 is 1.92 bits per heavy atom. The second-order valence-electron chi connectivity index (χ2n) is 7.11. The van der Waals surface area contributed by atoms with Gasteiger partial charge >= 0.3 is 5.97 Å². The van der Waals surface area contributed by atoms with E-state index in [1.165, 1.54) is 0 Å². The van der Waals surface area contributed by atoms with Crippen LogP contribution in [0.2, 0.25) is 0 Å². The molecule has 0 aliphatic carbocycles. The smallest absolute Gasteiger partial charge is 0.335 e. The predicted molar refractivity (Wildman–Crippen MR) is 91.2 cm³/mol. The lowest BCUT2D eigenvalue weighted by atomic mass is 9.93. The van der Waals surface area contributed by atoms with Crippen LogP contribution in [0.25, 0.3) is 0 Å².